The van der Waals surface area contributed by atoms with Gasteiger partial charge in [0.05, 0.1) is 0 Å². The zero-order valence-electron chi connectivity index (χ0n) is 14.6. The van der Waals surface area contributed by atoms with Gasteiger partial charge in [-0.15, -0.1) is 6.58 Å². The molecule has 1 rings (SSSR count). The largest absolute Gasteiger partial charge is 0.463 e. The van der Waals surface area contributed by atoms with Crippen molar-refractivity contribution in [2.24, 2.45) is 0 Å². The molecular formula is C16H22O9. The number of hydrogen-bond acceptors (Lipinski definition) is 9. The summed E-state index contributed by atoms with van der Waals surface area (Å²) in [4.78, 5) is 45.5. The molecule has 0 spiro atoms. The highest BCUT2D eigenvalue weighted by atomic mass is 16.8. The SMILES string of the molecule is C=CC[C@]1(COC(C)=O)O[C@@H](OC(C)=O)C(OC(C)=O)C1OC(C)=O. The van der Waals surface area contributed by atoms with Crippen molar-refractivity contribution in [3.8, 4) is 0 Å². The van der Waals surface area contributed by atoms with Crippen molar-refractivity contribution in [1.82, 2.24) is 0 Å². The fourth-order valence-electron chi connectivity index (χ4n) is 2.53. The minimum absolute atomic E-state index is 0.0771. The molecule has 4 atom stereocenters. The third-order valence-corrected chi connectivity index (χ3v) is 3.32. The van der Waals surface area contributed by atoms with Crippen LogP contribution in [0.3, 0.4) is 0 Å². The quantitative estimate of drug-likeness (QED) is 0.367. The Morgan fingerprint density at radius 1 is 0.960 bits per heavy atom. The molecule has 0 bridgehead atoms. The smallest absolute Gasteiger partial charge is 0.305 e. The Kier molecular flexibility index (Phi) is 7.10. The van der Waals surface area contributed by atoms with Gasteiger partial charge in [-0.25, -0.2) is 0 Å². The van der Waals surface area contributed by atoms with E-state index in [2.05, 4.69) is 6.58 Å². The molecule has 1 fully saturated rings. The van der Waals surface area contributed by atoms with Crippen LogP contribution in [0, 0.1) is 0 Å². The van der Waals surface area contributed by atoms with Gasteiger partial charge in [0.2, 0.25) is 12.4 Å². The lowest BCUT2D eigenvalue weighted by Crippen LogP contribution is -2.50. The number of carbonyl (C=O) groups excluding carboxylic acids is 4. The van der Waals surface area contributed by atoms with E-state index in [0.29, 0.717) is 0 Å². The Balaban J connectivity index is 3.29. The molecule has 0 aromatic heterocycles. The molecule has 1 aliphatic rings. The van der Waals surface area contributed by atoms with Crippen molar-refractivity contribution in [2.45, 2.75) is 58.2 Å². The molecule has 2 unspecified atom stereocenters. The number of hydrogen-bond donors (Lipinski definition) is 0. The summed E-state index contributed by atoms with van der Waals surface area (Å²) >= 11 is 0. The average Bonchev–Trinajstić information content (AvgIpc) is 2.70. The van der Waals surface area contributed by atoms with Gasteiger partial charge < -0.3 is 23.7 Å². The van der Waals surface area contributed by atoms with Crippen LogP contribution in [0.4, 0.5) is 0 Å². The standard InChI is InChI=1S/C16H22O9/c1-6-7-16(8-21-9(2)17)14(23-11(4)19)13(22-10(3)18)15(25-16)24-12(5)20/h6,13-15H,1,7-8H2,2-5H3/t13?,14?,15-,16-/m1/s1. The maximum absolute atomic E-state index is 11.5. The monoisotopic (exact) mass is 358 g/mol. The van der Waals surface area contributed by atoms with Crippen molar-refractivity contribution in [3.05, 3.63) is 12.7 Å². The Morgan fingerprint density at radius 2 is 1.52 bits per heavy atom. The zero-order valence-corrected chi connectivity index (χ0v) is 14.6. The Hall–Kier alpha value is -2.42. The highest BCUT2D eigenvalue weighted by Gasteiger charge is 2.60. The van der Waals surface area contributed by atoms with Gasteiger partial charge in [0, 0.05) is 34.1 Å². The summed E-state index contributed by atoms with van der Waals surface area (Å²) < 4.78 is 26.2. The van der Waals surface area contributed by atoms with E-state index in [-0.39, 0.29) is 13.0 Å². The molecule has 0 saturated carbocycles. The molecule has 9 heteroatoms. The van der Waals surface area contributed by atoms with Gasteiger partial charge in [0.1, 0.15) is 6.61 Å². The van der Waals surface area contributed by atoms with E-state index in [0.717, 1.165) is 20.8 Å². The molecule has 0 aliphatic carbocycles. The number of ether oxygens (including phenoxy) is 5. The molecule has 0 amide bonds. The van der Waals surface area contributed by atoms with Crippen LogP contribution in [-0.2, 0) is 42.9 Å². The molecule has 140 valence electrons. The van der Waals surface area contributed by atoms with Gasteiger partial charge in [-0.2, -0.15) is 0 Å². The van der Waals surface area contributed by atoms with E-state index in [1.165, 1.54) is 13.0 Å². The van der Waals surface area contributed by atoms with E-state index in [1.54, 1.807) is 0 Å². The highest BCUT2D eigenvalue weighted by Crippen LogP contribution is 2.39. The van der Waals surface area contributed by atoms with Gasteiger partial charge in [-0.3, -0.25) is 19.2 Å². The first kappa shape index (κ1) is 20.6. The molecule has 0 aromatic carbocycles. The molecule has 1 aliphatic heterocycles. The Morgan fingerprint density at radius 3 is 1.96 bits per heavy atom. The number of rotatable bonds is 7. The summed E-state index contributed by atoms with van der Waals surface area (Å²) in [6.07, 6.45) is -2.19. The van der Waals surface area contributed by atoms with Crippen molar-refractivity contribution in [1.29, 1.82) is 0 Å². The molecule has 9 nitrogen and oxygen atoms in total. The van der Waals surface area contributed by atoms with Crippen molar-refractivity contribution in [3.63, 3.8) is 0 Å². The van der Waals surface area contributed by atoms with Crippen LogP contribution in [0.15, 0.2) is 12.7 Å². The lowest BCUT2D eigenvalue weighted by atomic mass is 9.92. The van der Waals surface area contributed by atoms with Gasteiger partial charge in [0.25, 0.3) is 0 Å². The number of esters is 4. The summed E-state index contributed by atoms with van der Waals surface area (Å²) in [5.74, 6) is -2.64. The van der Waals surface area contributed by atoms with Crippen LogP contribution < -0.4 is 0 Å². The van der Waals surface area contributed by atoms with Crippen LogP contribution in [0.1, 0.15) is 34.1 Å². The van der Waals surface area contributed by atoms with E-state index >= 15 is 0 Å². The van der Waals surface area contributed by atoms with Gasteiger partial charge in [-0.05, 0) is 0 Å². The minimum atomic E-state index is -1.42. The minimum Gasteiger partial charge on any atom is -0.463 e. The van der Waals surface area contributed by atoms with Gasteiger partial charge >= 0.3 is 23.9 Å². The van der Waals surface area contributed by atoms with Crippen molar-refractivity contribution < 1.29 is 42.9 Å². The first-order valence-electron chi connectivity index (χ1n) is 7.55. The zero-order chi connectivity index (χ0) is 19.2. The number of carbonyl (C=O) groups is 4. The molecule has 0 radical (unpaired) electrons. The maximum Gasteiger partial charge on any atom is 0.305 e. The van der Waals surface area contributed by atoms with E-state index in [9.17, 15) is 19.2 Å². The second kappa shape index (κ2) is 8.61. The predicted octanol–water partition coefficient (Wildman–Crippen LogP) is 0.647. The topological polar surface area (TPSA) is 114 Å². The van der Waals surface area contributed by atoms with Crippen LogP contribution in [0.25, 0.3) is 0 Å². The molecule has 1 heterocycles. The third-order valence-electron chi connectivity index (χ3n) is 3.32. The van der Waals surface area contributed by atoms with E-state index < -0.39 is 48.0 Å². The predicted molar refractivity (Wildman–Crippen MR) is 81.9 cm³/mol. The highest BCUT2D eigenvalue weighted by molar-refractivity contribution is 5.69. The summed E-state index contributed by atoms with van der Waals surface area (Å²) in [6.45, 7) is 7.94. The average molecular weight is 358 g/mol. The van der Waals surface area contributed by atoms with Crippen molar-refractivity contribution in [2.75, 3.05) is 6.61 Å². The first-order valence-corrected chi connectivity index (χ1v) is 7.55. The Bertz CT molecular complexity index is 556. The van der Waals surface area contributed by atoms with E-state index in [1.807, 2.05) is 0 Å². The normalized spacial score (nSPS) is 27.9. The first-order chi connectivity index (χ1) is 11.6. The van der Waals surface area contributed by atoms with Crippen LogP contribution in [-0.4, -0.2) is 54.6 Å². The summed E-state index contributed by atoms with van der Waals surface area (Å²) in [6, 6.07) is 0. The second-order valence-electron chi connectivity index (χ2n) is 5.54. The lowest BCUT2D eigenvalue weighted by molar-refractivity contribution is -0.211. The van der Waals surface area contributed by atoms with Crippen LogP contribution >= 0.6 is 0 Å². The lowest BCUT2D eigenvalue weighted by Gasteiger charge is -2.32. The third kappa shape index (κ3) is 5.56. The molecule has 0 N–H and O–H groups in total. The summed E-state index contributed by atoms with van der Waals surface area (Å²) in [5, 5.41) is 0. The fraction of sp³-hybridized carbons (Fsp3) is 0.625. The van der Waals surface area contributed by atoms with E-state index in [4.69, 9.17) is 23.7 Å². The van der Waals surface area contributed by atoms with Gasteiger partial charge in [0.15, 0.2) is 11.7 Å². The second-order valence-corrected chi connectivity index (χ2v) is 5.54. The maximum atomic E-state index is 11.5. The summed E-state index contributed by atoms with van der Waals surface area (Å²) in [5.41, 5.74) is -1.42. The molecule has 0 aromatic rings. The molecule has 25 heavy (non-hydrogen) atoms. The van der Waals surface area contributed by atoms with Crippen LogP contribution in [0.5, 0.6) is 0 Å². The van der Waals surface area contributed by atoms with Crippen LogP contribution in [0.2, 0.25) is 0 Å². The summed E-state index contributed by atoms with van der Waals surface area (Å²) in [7, 11) is 0. The fourth-order valence-corrected chi connectivity index (χ4v) is 2.53. The van der Waals surface area contributed by atoms with Gasteiger partial charge in [-0.1, -0.05) is 6.08 Å². The van der Waals surface area contributed by atoms with Crippen molar-refractivity contribution >= 4 is 23.9 Å². The molecule has 1 saturated heterocycles. The Labute approximate surface area is 145 Å². The molecular weight excluding hydrogens is 336 g/mol.